The third-order valence-electron chi connectivity index (χ3n) is 2.39. The van der Waals surface area contributed by atoms with Gasteiger partial charge >= 0.3 is 23.9 Å². The number of amides is 2. The molecule has 0 fully saturated rings. The Morgan fingerprint density at radius 2 is 0.800 bits per heavy atom. The van der Waals surface area contributed by atoms with Crippen LogP contribution in [0.4, 0.5) is 0 Å². The molecule has 0 aromatic rings. The standard InChI is InChI=1S/2C5H10N2O3.2C2H5NO2/c2*6-3(5(9)10)1-2-4(7)8;2*3-1-2(4)5/h2*3H,1-2,6H2,(H2,7,8)(H,9,10);2*1,3H2,(H,4,5)/t2*3-;;/m00../s1. The van der Waals surface area contributed by atoms with E-state index in [-0.39, 0.29) is 38.8 Å². The van der Waals surface area contributed by atoms with Crippen LogP contribution in [0.15, 0.2) is 0 Å². The van der Waals surface area contributed by atoms with Crippen LogP contribution in [0.3, 0.4) is 0 Å². The normalized spacial score (nSPS) is 10.8. The molecular formula is C14H30N6O10. The second kappa shape index (κ2) is 22.0. The lowest BCUT2D eigenvalue weighted by molar-refractivity contribution is -0.139. The van der Waals surface area contributed by atoms with Gasteiger partial charge in [-0.3, -0.25) is 28.8 Å². The maximum atomic E-state index is 10.1. The zero-order valence-electron chi connectivity index (χ0n) is 16.1. The molecule has 0 radical (unpaired) electrons. The third kappa shape index (κ3) is 39.6. The summed E-state index contributed by atoms with van der Waals surface area (Å²) in [6.07, 6.45) is 0.246. The Kier molecular flexibility index (Phi) is 25.0. The van der Waals surface area contributed by atoms with Gasteiger partial charge in [0.05, 0.1) is 13.1 Å². The van der Waals surface area contributed by atoms with Gasteiger partial charge in [0.2, 0.25) is 11.8 Å². The fourth-order valence-electron chi connectivity index (χ4n) is 0.842. The summed E-state index contributed by atoms with van der Waals surface area (Å²) in [4.78, 5) is 58.8. The first-order valence-electron chi connectivity index (χ1n) is 7.99. The second-order valence-corrected chi connectivity index (χ2v) is 5.10. The van der Waals surface area contributed by atoms with E-state index in [1.54, 1.807) is 0 Å². The first-order valence-corrected chi connectivity index (χ1v) is 7.99. The highest BCUT2D eigenvalue weighted by Crippen LogP contribution is 1.93. The van der Waals surface area contributed by atoms with Gasteiger partial charge in [0.1, 0.15) is 12.1 Å². The van der Waals surface area contributed by atoms with E-state index >= 15 is 0 Å². The van der Waals surface area contributed by atoms with Crippen LogP contribution in [0.5, 0.6) is 0 Å². The first-order chi connectivity index (χ1) is 13.6. The third-order valence-corrected chi connectivity index (χ3v) is 2.39. The van der Waals surface area contributed by atoms with Gasteiger partial charge in [-0.05, 0) is 12.8 Å². The van der Waals surface area contributed by atoms with E-state index < -0.39 is 47.8 Å². The van der Waals surface area contributed by atoms with Gasteiger partial charge in [-0.1, -0.05) is 0 Å². The van der Waals surface area contributed by atoms with Crippen molar-refractivity contribution in [2.45, 2.75) is 37.8 Å². The van der Waals surface area contributed by atoms with Crippen LogP contribution in [0.1, 0.15) is 25.7 Å². The molecule has 0 heterocycles. The molecule has 16 N–H and O–H groups in total. The van der Waals surface area contributed by atoms with Crippen LogP contribution in [-0.4, -0.2) is 81.3 Å². The van der Waals surface area contributed by atoms with Gasteiger partial charge in [0.25, 0.3) is 0 Å². The van der Waals surface area contributed by atoms with Crippen molar-refractivity contribution in [1.29, 1.82) is 0 Å². The number of carboxylic acids is 4. The van der Waals surface area contributed by atoms with Crippen molar-refractivity contribution in [3.05, 3.63) is 0 Å². The summed E-state index contributed by atoms with van der Waals surface area (Å²) in [5.74, 6) is -5.22. The minimum absolute atomic E-state index is 0.0213. The van der Waals surface area contributed by atoms with Crippen molar-refractivity contribution < 1.29 is 49.2 Å². The van der Waals surface area contributed by atoms with Crippen molar-refractivity contribution in [2.75, 3.05) is 13.1 Å². The molecule has 0 unspecified atom stereocenters. The summed E-state index contributed by atoms with van der Waals surface area (Å²) >= 11 is 0. The Morgan fingerprint density at radius 1 is 0.600 bits per heavy atom. The molecule has 0 aromatic carbocycles. The highest BCUT2D eigenvalue weighted by molar-refractivity contribution is 5.77. The summed E-state index contributed by atoms with van der Waals surface area (Å²) in [7, 11) is 0. The summed E-state index contributed by atoms with van der Waals surface area (Å²) in [6, 6.07) is -1.96. The number of hydrogen-bond acceptors (Lipinski definition) is 10. The molecule has 0 spiro atoms. The molecule has 2 amide bonds. The molecule has 176 valence electrons. The Bertz CT molecular complexity index is 509. The highest BCUT2D eigenvalue weighted by atomic mass is 16.4. The average Bonchev–Trinajstić information content (AvgIpc) is 2.64. The maximum Gasteiger partial charge on any atom is 0.320 e. The van der Waals surface area contributed by atoms with E-state index in [9.17, 15) is 28.8 Å². The lowest BCUT2D eigenvalue weighted by Gasteiger charge is -2.01. The molecule has 0 aliphatic rings. The van der Waals surface area contributed by atoms with Crippen LogP contribution in [-0.2, 0) is 28.8 Å². The van der Waals surface area contributed by atoms with Gasteiger partial charge in [0.15, 0.2) is 0 Å². The number of carbonyl (C=O) groups is 6. The molecule has 0 saturated carbocycles. The molecule has 30 heavy (non-hydrogen) atoms. The van der Waals surface area contributed by atoms with Crippen LogP contribution in [0, 0.1) is 0 Å². The zero-order valence-corrected chi connectivity index (χ0v) is 16.1. The van der Waals surface area contributed by atoms with E-state index in [0.29, 0.717) is 0 Å². The molecule has 2 atom stereocenters. The number of aliphatic carboxylic acids is 4. The van der Waals surface area contributed by atoms with Crippen molar-refractivity contribution in [2.24, 2.45) is 34.4 Å². The number of primary amides is 2. The number of nitrogens with two attached hydrogens (primary N) is 6. The quantitative estimate of drug-likeness (QED) is 0.152. The highest BCUT2D eigenvalue weighted by Gasteiger charge is 2.12. The fourth-order valence-corrected chi connectivity index (χ4v) is 0.842. The Hall–Kier alpha value is -3.34. The van der Waals surface area contributed by atoms with Crippen LogP contribution < -0.4 is 34.4 Å². The smallest absolute Gasteiger partial charge is 0.320 e. The molecule has 0 saturated heterocycles. The van der Waals surface area contributed by atoms with Crippen molar-refractivity contribution >= 4 is 35.7 Å². The van der Waals surface area contributed by atoms with Gasteiger partial charge in [-0.2, -0.15) is 0 Å². The number of hydrogen-bond donors (Lipinski definition) is 10. The van der Waals surface area contributed by atoms with E-state index in [4.69, 9.17) is 43.4 Å². The Morgan fingerprint density at radius 3 is 0.900 bits per heavy atom. The Balaban J connectivity index is -0.000000159. The van der Waals surface area contributed by atoms with E-state index in [1.165, 1.54) is 0 Å². The lowest BCUT2D eigenvalue weighted by Crippen LogP contribution is -2.31. The number of carbonyl (C=O) groups excluding carboxylic acids is 2. The largest absolute Gasteiger partial charge is 0.480 e. The molecule has 16 nitrogen and oxygen atoms in total. The van der Waals surface area contributed by atoms with Crippen molar-refractivity contribution in [1.82, 2.24) is 0 Å². The average molecular weight is 442 g/mol. The second-order valence-electron chi connectivity index (χ2n) is 5.10. The van der Waals surface area contributed by atoms with Crippen molar-refractivity contribution in [3.8, 4) is 0 Å². The van der Waals surface area contributed by atoms with Gasteiger partial charge in [-0.25, -0.2) is 0 Å². The van der Waals surface area contributed by atoms with Gasteiger partial charge < -0.3 is 54.8 Å². The predicted molar refractivity (Wildman–Crippen MR) is 101 cm³/mol. The topological polar surface area (TPSA) is 339 Å². The zero-order chi connectivity index (χ0) is 24.9. The summed E-state index contributed by atoms with van der Waals surface area (Å²) in [5.41, 5.74) is 28.8. The number of carboxylic acid groups (broad SMARTS) is 4. The molecule has 0 aromatic heterocycles. The Labute approximate surface area is 171 Å². The SMILES string of the molecule is NC(=O)CC[C@H](N)C(=O)O.NC(=O)CC[C@H](N)C(=O)O.NCC(=O)O.NCC(=O)O. The van der Waals surface area contributed by atoms with Crippen LogP contribution >= 0.6 is 0 Å². The minimum Gasteiger partial charge on any atom is -0.480 e. The number of rotatable bonds is 10. The first kappa shape index (κ1) is 34.2. The molecule has 0 rings (SSSR count). The molecule has 0 aliphatic carbocycles. The van der Waals surface area contributed by atoms with E-state index in [2.05, 4.69) is 11.5 Å². The minimum atomic E-state index is -1.11. The van der Waals surface area contributed by atoms with Crippen molar-refractivity contribution in [3.63, 3.8) is 0 Å². The summed E-state index contributed by atoms with van der Waals surface area (Å²) in [5, 5.41) is 31.6. The van der Waals surface area contributed by atoms with Gasteiger partial charge in [-0.15, -0.1) is 0 Å². The fraction of sp³-hybridized carbons (Fsp3) is 0.571. The van der Waals surface area contributed by atoms with Crippen LogP contribution in [0.2, 0.25) is 0 Å². The predicted octanol–water partition coefficient (Wildman–Crippen LogP) is -4.61. The van der Waals surface area contributed by atoms with E-state index in [0.717, 1.165) is 0 Å². The molecule has 0 aliphatic heterocycles. The summed E-state index contributed by atoms with van der Waals surface area (Å²) in [6.45, 7) is -0.556. The van der Waals surface area contributed by atoms with Crippen LogP contribution in [0.25, 0.3) is 0 Å². The maximum absolute atomic E-state index is 10.1. The molecular weight excluding hydrogens is 412 g/mol. The monoisotopic (exact) mass is 442 g/mol. The summed E-state index contributed by atoms with van der Waals surface area (Å²) < 4.78 is 0. The lowest BCUT2D eigenvalue weighted by atomic mass is 10.2. The molecule has 16 heteroatoms. The van der Waals surface area contributed by atoms with Gasteiger partial charge in [0, 0.05) is 12.8 Å². The molecule has 0 bridgehead atoms. The van der Waals surface area contributed by atoms with E-state index in [1.807, 2.05) is 0 Å².